The molecule has 1 atom stereocenters. The normalized spacial score (nSPS) is 19.2. The Morgan fingerprint density at radius 1 is 1.38 bits per heavy atom. The Morgan fingerprint density at radius 3 is 2.62 bits per heavy atom. The van der Waals surface area contributed by atoms with Crippen LogP contribution in [0.25, 0.3) is 0 Å². The first-order valence-electron chi connectivity index (χ1n) is 5.19. The summed E-state index contributed by atoms with van der Waals surface area (Å²) in [5, 5.41) is 0. The predicted molar refractivity (Wildman–Crippen MR) is 54.5 cm³/mol. The Kier molecular flexibility index (Phi) is 4.22. The van der Waals surface area contributed by atoms with Crippen molar-refractivity contribution >= 4 is 17.5 Å². The van der Waals surface area contributed by atoms with Crippen LogP contribution in [-0.2, 0) is 23.9 Å². The van der Waals surface area contributed by atoms with Crippen LogP contribution in [0.1, 0.15) is 20.3 Å². The largest absolute Gasteiger partial charge is 0.490 e. The second-order valence-corrected chi connectivity index (χ2v) is 3.24. The molecule has 0 aliphatic heterocycles. The molecule has 1 aliphatic rings. The summed E-state index contributed by atoms with van der Waals surface area (Å²) in [4.78, 5) is 34.3. The van der Waals surface area contributed by atoms with Crippen molar-refractivity contribution < 1.29 is 23.9 Å². The van der Waals surface area contributed by atoms with Crippen molar-refractivity contribution in [2.24, 2.45) is 5.92 Å². The Bertz CT molecular complexity index is 342. The third-order valence-corrected chi connectivity index (χ3v) is 2.19. The summed E-state index contributed by atoms with van der Waals surface area (Å²) in [7, 11) is 0. The molecule has 0 aromatic rings. The highest BCUT2D eigenvalue weighted by molar-refractivity contribution is 6.39. The maximum atomic E-state index is 11.6. The standard InChI is InChI=1S/C11H14O5/c1-3-15-8-6-5-7(9(8)12)10(13)11(14)16-4-2/h6-7H,3-5H2,1-2H3. The van der Waals surface area contributed by atoms with E-state index in [9.17, 15) is 14.4 Å². The van der Waals surface area contributed by atoms with Crippen LogP contribution >= 0.6 is 0 Å². The number of hydrogen-bond acceptors (Lipinski definition) is 5. The monoisotopic (exact) mass is 226 g/mol. The van der Waals surface area contributed by atoms with Crippen LogP contribution in [0.15, 0.2) is 11.8 Å². The highest BCUT2D eigenvalue weighted by Gasteiger charge is 2.38. The van der Waals surface area contributed by atoms with Gasteiger partial charge in [-0.05, 0) is 26.3 Å². The van der Waals surface area contributed by atoms with Gasteiger partial charge in [-0.2, -0.15) is 0 Å². The minimum Gasteiger partial charge on any atom is -0.490 e. The lowest BCUT2D eigenvalue weighted by atomic mass is 10.0. The van der Waals surface area contributed by atoms with E-state index in [0.29, 0.717) is 6.61 Å². The van der Waals surface area contributed by atoms with Crippen LogP contribution in [0.5, 0.6) is 0 Å². The van der Waals surface area contributed by atoms with Crippen LogP contribution in [0.4, 0.5) is 0 Å². The summed E-state index contributed by atoms with van der Waals surface area (Å²) in [6, 6.07) is 0. The van der Waals surface area contributed by atoms with E-state index >= 15 is 0 Å². The molecule has 0 aromatic carbocycles. The zero-order valence-electron chi connectivity index (χ0n) is 9.32. The molecule has 0 fully saturated rings. The van der Waals surface area contributed by atoms with E-state index in [-0.39, 0.29) is 18.8 Å². The van der Waals surface area contributed by atoms with Gasteiger partial charge in [-0.3, -0.25) is 9.59 Å². The van der Waals surface area contributed by atoms with Gasteiger partial charge in [-0.15, -0.1) is 0 Å². The minimum atomic E-state index is -0.958. The molecule has 5 heteroatoms. The summed E-state index contributed by atoms with van der Waals surface area (Å²) < 4.78 is 9.60. The van der Waals surface area contributed by atoms with Gasteiger partial charge in [0.15, 0.2) is 5.76 Å². The molecule has 0 radical (unpaired) electrons. The number of ether oxygens (including phenoxy) is 2. The number of Topliss-reactive ketones (excluding diaryl/α,β-unsaturated/α-hetero) is 2. The lowest BCUT2D eigenvalue weighted by Crippen LogP contribution is -2.29. The number of hydrogen-bond donors (Lipinski definition) is 0. The topological polar surface area (TPSA) is 69.7 Å². The summed E-state index contributed by atoms with van der Waals surface area (Å²) in [6.45, 7) is 3.83. The van der Waals surface area contributed by atoms with E-state index in [2.05, 4.69) is 4.74 Å². The summed E-state index contributed by atoms with van der Waals surface area (Å²) in [5.41, 5.74) is 0. The summed E-state index contributed by atoms with van der Waals surface area (Å²) in [5.74, 6) is -2.96. The molecule has 16 heavy (non-hydrogen) atoms. The van der Waals surface area contributed by atoms with Gasteiger partial charge in [0.2, 0.25) is 5.78 Å². The quantitative estimate of drug-likeness (QED) is 0.390. The van der Waals surface area contributed by atoms with Gasteiger partial charge >= 0.3 is 5.97 Å². The molecule has 0 bridgehead atoms. The first-order valence-corrected chi connectivity index (χ1v) is 5.19. The minimum absolute atomic E-state index is 0.122. The van der Waals surface area contributed by atoms with Crippen LogP contribution in [0.3, 0.4) is 0 Å². The van der Waals surface area contributed by atoms with Gasteiger partial charge in [0.1, 0.15) is 0 Å². The zero-order chi connectivity index (χ0) is 12.1. The summed E-state index contributed by atoms with van der Waals surface area (Å²) >= 11 is 0. The molecule has 1 rings (SSSR count). The number of rotatable bonds is 5. The van der Waals surface area contributed by atoms with Crippen molar-refractivity contribution in [3.05, 3.63) is 11.8 Å². The van der Waals surface area contributed by atoms with Gasteiger partial charge < -0.3 is 9.47 Å². The van der Waals surface area contributed by atoms with Gasteiger partial charge in [-0.1, -0.05) is 0 Å². The van der Waals surface area contributed by atoms with E-state index in [1.165, 1.54) is 6.08 Å². The van der Waals surface area contributed by atoms with E-state index in [1.807, 2.05) is 0 Å². The molecule has 0 saturated carbocycles. The predicted octanol–water partition coefficient (Wildman–Crippen LogP) is 0.628. The second kappa shape index (κ2) is 5.44. The molecule has 1 unspecified atom stereocenters. The number of esters is 1. The van der Waals surface area contributed by atoms with Crippen LogP contribution < -0.4 is 0 Å². The highest BCUT2D eigenvalue weighted by atomic mass is 16.5. The van der Waals surface area contributed by atoms with Gasteiger partial charge in [-0.25, -0.2) is 4.79 Å². The van der Waals surface area contributed by atoms with Crippen molar-refractivity contribution in [3.8, 4) is 0 Å². The third-order valence-electron chi connectivity index (χ3n) is 2.19. The number of ketones is 2. The molecular formula is C11H14O5. The van der Waals surface area contributed by atoms with Crippen molar-refractivity contribution in [2.45, 2.75) is 20.3 Å². The fourth-order valence-corrected chi connectivity index (χ4v) is 1.46. The van der Waals surface area contributed by atoms with E-state index < -0.39 is 23.5 Å². The average molecular weight is 226 g/mol. The van der Waals surface area contributed by atoms with Gasteiger partial charge in [0.05, 0.1) is 19.1 Å². The molecule has 0 saturated heterocycles. The Morgan fingerprint density at radius 2 is 2.06 bits per heavy atom. The van der Waals surface area contributed by atoms with Crippen molar-refractivity contribution in [1.29, 1.82) is 0 Å². The van der Waals surface area contributed by atoms with Crippen LogP contribution in [0.2, 0.25) is 0 Å². The van der Waals surface area contributed by atoms with Gasteiger partial charge in [0, 0.05) is 0 Å². The fraction of sp³-hybridized carbons (Fsp3) is 0.545. The lowest BCUT2D eigenvalue weighted by molar-refractivity contribution is -0.156. The molecule has 5 nitrogen and oxygen atoms in total. The van der Waals surface area contributed by atoms with Crippen LogP contribution in [-0.4, -0.2) is 30.7 Å². The molecular weight excluding hydrogens is 212 g/mol. The van der Waals surface area contributed by atoms with Crippen molar-refractivity contribution in [3.63, 3.8) is 0 Å². The third kappa shape index (κ3) is 2.48. The molecule has 0 N–H and O–H groups in total. The first kappa shape index (κ1) is 12.4. The van der Waals surface area contributed by atoms with E-state index in [4.69, 9.17) is 4.74 Å². The van der Waals surface area contributed by atoms with E-state index in [1.54, 1.807) is 13.8 Å². The van der Waals surface area contributed by atoms with Crippen molar-refractivity contribution in [2.75, 3.05) is 13.2 Å². The fourth-order valence-electron chi connectivity index (χ4n) is 1.46. The second-order valence-electron chi connectivity index (χ2n) is 3.24. The maximum Gasteiger partial charge on any atom is 0.375 e. The number of carbonyl (C=O) groups is 3. The molecule has 0 spiro atoms. The highest BCUT2D eigenvalue weighted by Crippen LogP contribution is 2.23. The Balaban J connectivity index is 2.62. The SMILES string of the molecule is CCOC(=O)C(=O)C1CC=C(OCC)C1=O. The van der Waals surface area contributed by atoms with Gasteiger partial charge in [0.25, 0.3) is 5.78 Å². The number of carbonyl (C=O) groups excluding carboxylic acids is 3. The molecule has 88 valence electrons. The van der Waals surface area contributed by atoms with Crippen LogP contribution in [0, 0.1) is 5.92 Å². The summed E-state index contributed by atoms with van der Waals surface area (Å²) in [6.07, 6.45) is 1.75. The zero-order valence-corrected chi connectivity index (χ0v) is 9.32. The molecule has 0 amide bonds. The Labute approximate surface area is 93.4 Å². The number of allylic oxidation sites excluding steroid dienone is 2. The molecule has 0 heterocycles. The smallest absolute Gasteiger partial charge is 0.375 e. The average Bonchev–Trinajstić information content (AvgIpc) is 2.61. The molecule has 1 aliphatic carbocycles. The maximum absolute atomic E-state index is 11.6. The Hall–Kier alpha value is -1.65. The van der Waals surface area contributed by atoms with E-state index in [0.717, 1.165) is 0 Å². The lowest BCUT2D eigenvalue weighted by Gasteiger charge is -2.07. The van der Waals surface area contributed by atoms with Crippen molar-refractivity contribution in [1.82, 2.24) is 0 Å². The molecule has 0 aromatic heterocycles. The first-order chi connectivity index (χ1) is 7.61.